The lowest BCUT2D eigenvalue weighted by Crippen LogP contribution is -2.43. The number of hydrogen-bond acceptors (Lipinski definition) is 5. The Bertz CT molecular complexity index is 1070. The number of benzene rings is 2. The van der Waals surface area contributed by atoms with Crippen molar-refractivity contribution in [3.63, 3.8) is 0 Å². The van der Waals surface area contributed by atoms with Gasteiger partial charge in [0.1, 0.15) is 28.4 Å². The largest absolute Gasteiger partial charge is 0.511 e. The molecule has 27 heavy (non-hydrogen) atoms. The summed E-state index contributed by atoms with van der Waals surface area (Å²) in [6.45, 7) is 0. The minimum Gasteiger partial charge on any atom is -0.511 e. The highest BCUT2D eigenvalue weighted by molar-refractivity contribution is 6.33. The van der Waals surface area contributed by atoms with Gasteiger partial charge in [0.05, 0.1) is 10.9 Å². The van der Waals surface area contributed by atoms with Crippen LogP contribution in [-0.4, -0.2) is 26.9 Å². The van der Waals surface area contributed by atoms with E-state index in [1.165, 1.54) is 18.2 Å². The number of aliphatic hydroxyl groups is 1. The molecule has 5 rings (SSSR count). The lowest BCUT2D eigenvalue weighted by molar-refractivity contribution is 0.0190. The number of aliphatic hydroxyl groups excluding tert-OH is 1. The standard InChI is InChI=1S/C20H12Cl2O5/c21-17-13(24)8-15-16(18(17)22)20(12-6-5-9(23)7-14(12)26-15)11-4-2-1-3-10(11)19(25)27-20/h1-8,17-18,23-24H. The van der Waals surface area contributed by atoms with E-state index in [4.69, 9.17) is 32.7 Å². The Morgan fingerprint density at radius 2 is 1.78 bits per heavy atom. The monoisotopic (exact) mass is 402 g/mol. The Balaban J connectivity index is 1.90. The Hall–Kier alpha value is -2.63. The maximum Gasteiger partial charge on any atom is 0.340 e. The number of esters is 1. The molecule has 136 valence electrons. The summed E-state index contributed by atoms with van der Waals surface area (Å²) in [4.78, 5) is 12.7. The molecule has 1 aliphatic carbocycles. The van der Waals surface area contributed by atoms with E-state index in [1.54, 1.807) is 30.3 Å². The molecule has 2 aliphatic heterocycles. The van der Waals surface area contributed by atoms with Crippen LogP contribution in [0.4, 0.5) is 0 Å². The molecule has 2 aromatic rings. The van der Waals surface area contributed by atoms with E-state index < -0.39 is 22.3 Å². The minimum atomic E-state index is -1.35. The van der Waals surface area contributed by atoms with E-state index in [1.807, 2.05) is 0 Å². The first-order chi connectivity index (χ1) is 12.9. The molecule has 7 heteroatoms. The number of aromatic hydroxyl groups is 1. The fourth-order valence-electron chi connectivity index (χ4n) is 3.94. The molecule has 0 radical (unpaired) electrons. The van der Waals surface area contributed by atoms with E-state index in [0.29, 0.717) is 28.0 Å². The number of fused-ring (bicyclic) bond motifs is 5. The second-order valence-corrected chi connectivity index (χ2v) is 7.49. The van der Waals surface area contributed by atoms with Crippen molar-refractivity contribution < 1.29 is 24.5 Å². The molecule has 2 heterocycles. The van der Waals surface area contributed by atoms with Gasteiger partial charge in [-0.05, 0) is 18.2 Å². The van der Waals surface area contributed by atoms with Gasteiger partial charge in [0.25, 0.3) is 0 Å². The van der Waals surface area contributed by atoms with E-state index in [-0.39, 0.29) is 17.3 Å². The van der Waals surface area contributed by atoms with Crippen LogP contribution in [0.25, 0.3) is 0 Å². The van der Waals surface area contributed by atoms with E-state index in [2.05, 4.69) is 0 Å². The van der Waals surface area contributed by atoms with Crippen LogP contribution in [0.3, 0.4) is 0 Å². The molecule has 2 N–H and O–H groups in total. The Labute approximate surface area is 164 Å². The van der Waals surface area contributed by atoms with Gasteiger partial charge in [-0.15, -0.1) is 23.2 Å². The highest BCUT2D eigenvalue weighted by atomic mass is 35.5. The van der Waals surface area contributed by atoms with Crippen molar-refractivity contribution in [3.8, 4) is 11.5 Å². The molecule has 5 nitrogen and oxygen atoms in total. The maximum absolute atomic E-state index is 12.7. The Morgan fingerprint density at radius 1 is 1.00 bits per heavy atom. The third kappa shape index (κ3) is 2.04. The third-order valence-electron chi connectivity index (χ3n) is 5.08. The quantitative estimate of drug-likeness (QED) is 0.511. The van der Waals surface area contributed by atoms with Gasteiger partial charge >= 0.3 is 5.97 Å². The predicted octanol–water partition coefficient (Wildman–Crippen LogP) is 4.12. The summed E-state index contributed by atoms with van der Waals surface area (Å²) < 4.78 is 11.8. The van der Waals surface area contributed by atoms with Crippen LogP contribution < -0.4 is 4.74 Å². The van der Waals surface area contributed by atoms with Crippen LogP contribution in [0.15, 0.2) is 65.6 Å². The summed E-state index contributed by atoms with van der Waals surface area (Å²) in [5.41, 5.74) is 0.655. The van der Waals surface area contributed by atoms with E-state index in [0.717, 1.165) is 0 Å². The average molecular weight is 403 g/mol. The zero-order valence-corrected chi connectivity index (χ0v) is 15.2. The molecule has 1 spiro atoms. The lowest BCUT2D eigenvalue weighted by atomic mass is 9.74. The highest BCUT2D eigenvalue weighted by Crippen LogP contribution is 2.57. The van der Waals surface area contributed by atoms with Gasteiger partial charge in [-0.3, -0.25) is 0 Å². The van der Waals surface area contributed by atoms with Crippen LogP contribution in [0.5, 0.6) is 11.5 Å². The van der Waals surface area contributed by atoms with Crippen molar-refractivity contribution >= 4 is 29.2 Å². The Kier molecular flexibility index (Phi) is 3.33. The normalized spacial score (nSPS) is 28.1. The number of ether oxygens (including phenoxy) is 2. The number of hydrogen-bond donors (Lipinski definition) is 2. The van der Waals surface area contributed by atoms with Crippen molar-refractivity contribution in [1.82, 2.24) is 0 Å². The molecule has 3 unspecified atom stereocenters. The molecule has 0 amide bonds. The summed E-state index contributed by atoms with van der Waals surface area (Å²) >= 11 is 12.9. The number of carbonyl (C=O) groups excluding carboxylic acids is 1. The van der Waals surface area contributed by atoms with Crippen molar-refractivity contribution in [2.45, 2.75) is 16.4 Å². The fraction of sp³-hybridized carbons (Fsp3) is 0.150. The van der Waals surface area contributed by atoms with Gasteiger partial charge < -0.3 is 19.7 Å². The average Bonchev–Trinajstić information content (AvgIpc) is 2.93. The van der Waals surface area contributed by atoms with Crippen LogP contribution in [-0.2, 0) is 10.3 Å². The summed E-state index contributed by atoms with van der Waals surface area (Å²) in [6.07, 6.45) is 1.37. The lowest BCUT2D eigenvalue weighted by Gasteiger charge is -2.41. The molecular weight excluding hydrogens is 391 g/mol. The van der Waals surface area contributed by atoms with Gasteiger partial charge in [-0.2, -0.15) is 0 Å². The number of halogens is 2. The third-order valence-corrected chi connectivity index (χ3v) is 6.15. The molecule has 3 atom stereocenters. The summed E-state index contributed by atoms with van der Waals surface area (Å²) in [7, 11) is 0. The van der Waals surface area contributed by atoms with Crippen molar-refractivity contribution in [3.05, 3.63) is 82.3 Å². The predicted molar refractivity (Wildman–Crippen MR) is 98.4 cm³/mol. The van der Waals surface area contributed by atoms with Crippen LogP contribution in [0.2, 0.25) is 0 Å². The van der Waals surface area contributed by atoms with Crippen LogP contribution in [0, 0.1) is 0 Å². The molecule has 0 aromatic heterocycles. The molecule has 0 fully saturated rings. The molecule has 0 saturated carbocycles. The summed E-state index contributed by atoms with van der Waals surface area (Å²) in [5, 5.41) is 18.2. The topological polar surface area (TPSA) is 76.0 Å². The summed E-state index contributed by atoms with van der Waals surface area (Å²) in [6, 6.07) is 11.6. The van der Waals surface area contributed by atoms with Gasteiger partial charge in [0.2, 0.25) is 0 Å². The number of alkyl halides is 2. The zero-order chi connectivity index (χ0) is 18.9. The molecule has 0 bridgehead atoms. The van der Waals surface area contributed by atoms with E-state index >= 15 is 0 Å². The van der Waals surface area contributed by atoms with Crippen molar-refractivity contribution in [1.29, 1.82) is 0 Å². The molecule has 2 aromatic carbocycles. The Morgan fingerprint density at radius 3 is 2.59 bits per heavy atom. The highest BCUT2D eigenvalue weighted by Gasteiger charge is 2.58. The SMILES string of the molecule is O=C1OC2(C3=C(C=C(O)C(Cl)C3Cl)Oc3cc(O)ccc32)c2ccccc21. The number of phenolic OH excluding ortho intramolecular Hbond substituents is 1. The van der Waals surface area contributed by atoms with Gasteiger partial charge in [-0.1, -0.05) is 18.2 Å². The van der Waals surface area contributed by atoms with Crippen LogP contribution >= 0.6 is 23.2 Å². The van der Waals surface area contributed by atoms with Crippen LogP contribution in [0.1, 0.15) is 21.5 Å². The zero-order valence-electron chi connectivity index (χ0n) is 13.6. The molecular formula is C20H12Cl2O5. The van der Waals surface area contributed by atoms with Gasteiger partial charge in [0, 0.05) is 28.8 Å². The first-order valence-electron chi connectivity index (χ1n) is 8.21. The number of allylic oxidation sites excluding steroid dienone is 2. The smallest absolute Gasteiger partial charge is 0.340 e. The minimum absolute atomic E-state index is 0.00721. The van der Waals surface area contributed by atoms with Crippen molar-refractivity contribution in [2.24, 2.45) is 0 Å². The second-order valence-electron chi connectivity index (χ2n) is 6.55. The maximum atomic E-state index is 12.7. The van der Waals surface area contributed by atoms with Crippen molar-refractivity contribution in [2.75, 3.05) is 0 Å². The van der Waals surface area contributed by atoms with Gasteiger partial charge in [-0.25, -0.2) is 4.79 Å². The summed E-state index contributed by atoms with van der Waals surface area (Å²) in [5.74, 6) is -0.0997. The first-order valence-corrected chi connectivity index (χ1v) is 9.08. The van der Waals surface area contributed by atoms with Gasteiger partial charge in [0.15, 0.2) is 5.60 Å². The first kappa shape index (κ1) is 16.5. The number of carbonyl (C=O) groups is 1. The second kappa shape index (κ2) is 5.44. The van der Waals surface area contributed by atoms with E-state index in [9.17, 15) is 15.0 Å². The molecule has 3 aliphatic rings. The number of rotatable bonds is 0. The number of phenols is 1. The molecule has 0 saturated heterocycles. The fourth-order valence-corrected chi connectivity index (χ4v) is 4.52.